The molecular formula is C16H23N3O3. The molecule has 0 aromatic carbocycles. The maximum Gasteiger partial charge on any atom is 0.317 e. The molecule has 1 aliphatic heterocycles. The molecule has 1 aliphatic carbocycles. The summed E-state index contributed by atoms with van der Waals surface area (Å²) in [5.41, 5.74) is 0.996. The van der Waals surface area contributed by atoms with Crippen LogP contribution in [0.25, 0.3) is 0 Å². The highest BCUT2D eigenvalue weighted by molar-refractivity contribution is 5.74. The summed E-state index contributed by atoms with van der Waals surface area (Å²) < 4.78 is 11.1. The number of pyridine rings is 1. The van der Waals surface area contributed by atoms with Crippen LogP contribution in [0, 0.1) is 5.92 Å². The summed E-state index contributed by atoms with van der Waals surface area (Å²) >= 11 is 0. The molecule has 1 saturated carbocycles. The average molecular weight is 305 g/mol. The Balaban J connectivity index is 1.47. The lowest BCUT2D eigenvalue weighted by Gasteiger charge is -2.31. The maximum absolute atomic E-state index is 12.1. The molecular weight excluding hydrogens is 282 g/mol. The summed E-state index contributed by atoms with van der Waals surface area (Å²) in [5.74, 6) is 1.34. The fraction of sp³-hybridized carbons (Fsp3) is 0.625. The van der Waals surface area contributed by atoms with Crippen LogP contribution in [-0.4, -0.2) is 48.3 Å². The Morgan fingerprint density at radius 3 is 3.18 bits per heavy atom. The van der Waals surface area contributed by atoms with Crippen LogP contribution in [-0.2, 0) is 11.3 Å². The standard InChI is InChI=1S/C16H23N3O3/c1-12-10-19(6-7-21-12)16(20)18-9-14-4-5-17-15(8-14)22-11-13-2-3-13/h4-5,8,12-13H,2-3,6-7,9-11H2,1H3,(H,18,20). The fourth-order valence-electron chi connectivity index (χ4n) is 2.42. The third-order valence-electron chi connectivity index (χ3n) is 3.94. The van der Waals surface area contributed by atoms with Crippen molar-refractivity contribution in [2.75, 3.05) is 26.3 Å². The number of carbonyl (C=O) groups is 1. The third-order valence-corrected chi connectivity index (χ3v) is 3.94. The van der Waals surface area contributed by atoms with Gasteiger partial charge in [0, 0.05) is 31.9 Å². The molecule has 2 heterocycles. The number of amides is 2. The van der Waals surface area contributed by atoms with E-state index in [2.05, 4.69) is 10.3 Å². The highest BCUT2D eigenvalue weighted by Crippen LogP contribution is 2.29. The van der Waals surface area contributed by atoms with E-state index in [0.717, 1.165) is 12.2 Å². The van der Waals surface area contributed by atoms with Crippen LogP contribution in [0.3, 0.4) is 0 Å². The number of aromatic nitrogens is 1. The number of nitrogens with one attached hydrogen (secondary N) is 1. The van der Waals surface area contributed by atoms with Crippen molar-refractivity contribution in [2.45, 2.75) is 32.4 Å². The van der Waals surface area contributed by atoms with Crippen molar-refractivity contribution in [3.05, 3.63) is 23.9 Å². The van der Waals surface area contributed by atoms with Crippen molar-refractivity contribution in [2.24, 2.45) is 5.92 Å². The van der Waals surface area contributed by atoms with E-state index in [1.165, 1.54) is 12.8 Å². The zero-order valence-electron chi connectivity index (χ0n) is 13.0. The zero-order chi connectivity index (χ0) is 15.4. The van der Waals surface area contributed by atoms with E-state index in [1.807, 2.05) is 19.1 Å². The fourth-order valence-corrected chi connectivity index (χ4v) is 2.42. The minimum absolute atomic E-state index is 0.0487. The lowest BCUT2D eigenvalue weighted by atomic mass is 10.2. The van der Waals surface area contributed by atoms with Crippen LogP contribution in [0.2, 0.25) is 0 Å². The number of ether oxygens (including phenoxy) is 2. The minimum atomic E-state index is -0.0487. The SMILES string of the molecule is CC1CN(C(=O)NCc2ccnc(OCC3CC3)c2)CCO1. The number of carbonyl (C=O) groups excluding carboxylic acids is 1. The van der Waals surface area contributed by atoms with Gasteiger partial charge in [-0.3, -0.25) is 0 Å². The Labute approximate surface area is 130 Å². The molecule has 6 nitrogen and oxygen atoms in total. The third kappa shape index (κ3) is 4.34. The molecule has 1 aromatic rings. The Bertz CT molecular complexity index is 519. The molecule has 1 N–H and O–H groups in total. The Hall–Kier alpha value is -1.82. The van der Waals surface area contributed by atoms with Gasteiger partial charge < -0.3 is 19.7 Å². The van der Waals surface area contributed by atoms with Crippen LogP contribution >= 0.6 is 0 Å². The van der Waals surface area contributed by atoms with Crippen LogP contribution in [0.15, 0.2) is 18.3 Å². The molecule has 3 rings (SSSR count). The lowest BCUT2D eigenvalue weighted by molar-refractivity contribution is -0.00351. The number of morpholine rings is 1. The summed E-state index contributed by atoms with van der Waals surface area (Å²) in [6, 6.07) is 3.74. The van der Waals surface area contributed by atoms with Gasteiger partial charge >= 0.3 is 6.03 Å². The quantitative estimate of drug-likeness (QED) is 0.901. The second-order valence-corrected chi connectivity index (χ2v) is 6.04. The molecule has 2 aliphatic rings. The molecule has 1 unspecified atom stereocenters. The Kier molecular flexibility index (Phi) is 4.77. The van der Waals surface area contributed by atoms with E-state index in [9.17, 15) is 4.79 Å². The monoisotopic (exact) mass is 305 g/mol. The molecule has 2 amide bonds. The van der Waals surface area contributed by atoms with E-state index >= 15 is 0 Å². The van der Waals surface area contributed by atoms with Gasteiger partial charge in [-0.25, -0.2) is 9.78 Å². The van der Waals surface area contributed by atoms with Gasteiger partial charge in [-0.15, -0.1) is 0 Å². The first-order valence-corrected chi connectivity index (χ1v) is 7.93. The summed E-state index contributed by atoms with van der Waals surface area (Å²) in [6.07, 6.45) is 4.34. The van der Waals surface area contributed by atoms with Crippen molar-refractivity contribution < 1.29 is 14.3 Å². The number of hydrogen-bond acceptors (Lipinski definition) is 4. The summed E-state index contributed by atoms with van der Waals surface area (Å²) in [6.45, 7) is 5.08. The molecule has 6 heteroatoms. The Morgan fingerprint density at radius 1 is 1.55 bits per heavy atom. The van der Waals surface area contributed by atoms with E-state index < -0.39 is 0 Å². The first-order valence-electron chi connectivity index (χ1n) is 7.93. The first-order chi connectivity index (χ1) is 10.7. The lowest BCUT2D eigenvalue weighted by Crippen LogP contribution is -2.48. The zero-order valence-corrected chi connectivity index (χ0v) is 13.0. The van der Waals surface area contributed by atoms with E-state index in [4.69, 9.17) is 9.47 Å². The normalized spacial score (nSPS) is 21.5. The number of rotatable bonds is 5. The van der Waals surface area contributed by atoms with E-state index in [-0.39, 0.29) is 12.1 Å². The van der Waals surface area contributed by atoms with Crippen molar-refractivity contribution in [1.82, 2.24) is 15.2 Å². The van der Waals surface area contributed by atoms with Crippen molar-refractivity contribution in [1.29, 1.82) is 0 Å². The number of nitrogens with zero attached hydrogens (tertiary/aromatic N) is 2. The van der Waals surface area contributed by atoms with Crippen LogP contribution < -0.4 is 10.1 Å². The Morgan fingerprint density at radius 2 is 2.41 bits per heavy atom. The van der Waals surface area contributed by atoms with Gasteiger partial charge in [0.1, 0.15) is 0 Å². The molecule has 2 fully saturated rings. The van der Waals surface area contributed by atoms with Gasteiger partial charge in [-0.1, -0.05) is 0 Å². The predicted molar refractivity (Wildman–Crippen MR) is 81.7 cm³/mol. The average Bonchev–Trinajstić information content (AvgIpc) is 3.35. The van der Waals surface area contributed by atoms with Gasteiger partial charge in [0.05, 0.1) is 19.3 Å². The van der Waals surface area contributed by atoms with Crippen molar-refractivity contribution in [3.63, 3.8) is 0 Å². The number of urea groups is 1. The van der Waals surface area contributed by atoms with Gasteiger partial charge in [-0.2, -0.15) is 0 Å². The molecule has 0 bridgehead atoms. The summed E-state index contributed by atoms with van der Waals surface area (Å²) in [5, 5.41) is 2.94. The van der Waals surface area contributed by atoms with E-state index in [1.54, 1.807) is 11.1 Å². The molecule has 1 atom stereocenters. The maximum atomic E-state index is 12.1. The summed E-state index contributed by atoms with van der Waals surface area (Å²) in [4.78, 5) is 18.1. The summed E-state index contributed by atoms with van der Waals surface area (Å²) in [7, 11) is 0. The molecule has 0 radical (unpaired) electrons. The van der Waals surface area contributed by atoms with Gasteiger partial charge in [-0.05, 0) is 37.3 Å². The van der Waals surface area contributed by atoms with Crippen LogP contribution in [0.4, 0.5) is 4.79 Å². The van der Waals surface area contributed by atoms with Crippen LogP contribution in [0.5, 0.6) is 5.88 Å². The van der Waals surface area contributed by atoms with Crippen LogP contribution in [0.1, 0.15) is 25.3 Å². The highest BCUT2D eigenvalue weighted by atomic mass is 16.5. The largest absolute Gasteiger partial charge is 0.477 e. The predicted octanol–water partition coefficient (Wildman–Crippen LogP) is 1.80. The van der Waals surface area contributed by atoms with Gasteiger partial charge in [0.15, 0.2) is 0 Å². The molecule has 1 saturated heterocycles. The molecule has 0 spiro atoms. The smallest absolute Gasteiger partial charge is 0.317 e. The number of hydrogen-bond donors (Lipinski definition) is 1. The van der Waals surface area contributed by atoms with E-state index in [0.29, 0.717) is 38.0 Å². The second kappa shape index (κ2) is 6.96. The molecule has 1 aromatic heterocycles. The first kappa shape index (κ1) is 15.1. The topological polar surface area (TPSA) is 63.7 Å². The van der Waals surface area contributed by atoms with Gasteiger partial charge in [0.25, 0.3) is 0 Å². The van der Waals surface area contributed by atoms with Gasteiger partial charge in [0.2, 0.25) is 5.88 Å². The van der Waals surface area contributed by atoms with Crippen molar-refractivity contribution >= 4 is 6.03 Å². The van der Waals surface area contributed by atoms with Crippen molar-refractivity contribution in [3.8, 4) is 5.88 Å². The molecule has 120 valence electrons. The molecule has 22 heavy (non-hydrogen) atoms. The minimum Gasteiger partial charge on any atom is -0.477 e. The second-order valence-electron chi connectivity index (χ2n) is 6.04. The highest BCUT2D eigenvalue weighted by Gasteiger charge is 2.22.